The smallest absolute Gasteiger partial charge is 0.175 e. The van der Waals surface area contributed by atoms with Crippen LogP contribution >= 0.6 is 15.9 Å². The number of furan rings is 1. The molecular weight excluding hydrogens is 234 g/mol. The van der Waals surface area contributed by atoms with Gasteiger partial charge in [-0.3, -0.25) is 0 Å². The highest BCUT2D eigenvalue weighted by molar-refractivity contribution is 9.10. The zero-order valence-electron chi connectivity index (χ0n) is 6.70. The van der Waals surface area contributed by atoms with Gasteiger partial charge in [0.05, 0.1) is 6.26 Å². The van der Waals surface area contributed by atoms with Gasteiger partial charge in [0.15, 0.2) is 4.67 Å². The number of nitrogens with one attached hydrogen (secondary N) is 1. The lowest BCUT2D eigenvalue weighted by atomic mass is 10.1. The normalized spacial score (nSPS) is 13.1. The number of aromatic nitrogens is 1. The lowest BCUT2D eigenvalue weighted by Gasteiger charge is -2.05. The van der Waals surface area contributed by atoms with E-state index in [1.807, 2.05) is 12.1 Å². The fourth-order valence-electron chi connectivity index (χ4n) is 1.18. The van der Waals surface area contributed by atoms with E-state index < -0.39 is 6.10 Å². The first-order chi connectivity index (χ1) is 6.29. The highest BCUT2D eigenvalue weighted by Crippen LogP contribution is 2.28. The van der Waals surface area contributed by atoms with Crippen molar-refractivity contribution in [2.45, 2.75) is 6.10 Å². The van der Waals surface area contributed by atoms with E-state index in [0.717, 1.165) is 11.3 Å². The minimum atomic E-state index is -0.664. The second-order valence-electron chi connectivity index (χ2n) is 2.68. The lowest BCUT2D eigenvalue weighted by Crippen LogP contribution is -1.98. The van der Waals surface area contributed by atoms with Crippen molar-refractivity contribution in [1.82, 2.24) is 4.98 Å². The molecule has 0 amide bonds. The minimum Gasteiger partial charge on any atom is -0.457 e. The molecule has 0 radical (unpaired) electrons. The number of hydrogen-bond donors (Lipinski definition) is 2. The van der Waals surface area contributed by atoms with Crippen LogP contribution in [-0.4, -0.2) is 10.1 Å². The van der Waals surface area contributed by atoms with Crippen LogP contribution in [0.3, 0.4) is 0 Å². The molecule has 0 saturated carbocycles. The Morgan fingerprint density at radius 2 is 2.31 bits per heavy atom. The summed E-state index contributed by atoms with van der Waals surface area (Å²) in [7, 11) is 0. The van der Waals surface area contributed by atoms with Gasteiger partial charge in [-0.25, -0.2) is 0 Å². The molecule has 2 aromatic heterocycles. The lowest BCUT2D eigenvalue weighted by molar-refractivity contribution is 0.213. The highest BCUT2D eigenvalue weighted by Gasteiger charge is 2.15. The van der Waals surface area contributed by atoms with Crippen molar-refractivity contribution >= 4 is 15.9 Å². The second kappa shape index (κ2) is 3.40. The van der Waals surface area contributed by atoms with Crippen LogP contribution in [0.25, 0.3) is 0 Å². The van der Waals surface area contributed by atoms with Crippen molar-refractivity contribution in [1.29, 1.82) is 0 Å². The standard InChI is InChI=1S/C9H8BrNO2/c10-9-6(3-5-13-9)8(12)7-2-1-4-11-7/h1-5,8,11-12H. The summed E-state index contributed by atoms with van der Waals surface area (Å²) in [6, 6.07) is 5.40. The van der Waals surface area contributed by atoms with Gasteiger partial charge in [0.25, 0.3) is 0 Å². The summed E-state index contributed by atoms with van der Waals surface area (Å²) in [5.41, 5.74) is 1.48. The van der Waals surface area contributed by atoms with Gasteiger partial charge in [-0.15, -0.1) is 0 Å². The zero-order valence-corrected chi connectivity index (χ0v) is 8.28. The first-order valence-corrected chi connectivity index (χ1v) is 4.62. The largest absolute Gasteiger partial charge is 0.457 e. The quantitative estimate of drug-likeness (QED) is 0.849. The van der Waals surface area contributed by atoms with Crippen LogP contribution < -0.4 is 0 Å². The number of hydrogen-bond acceptors (Lipinski definition) is 2. The molecule has 0 fully saturated rings. The molecule has 1 unspecified atom stereocenters. The molecule has 0 spiro atoms. The van der Waals surface area contributed by atoms with E-state index in [4.69, 9.17) is 4.42 Å². The summed E-state index contributed by atoms with van der Waals surface area (Å²) in [6.45, 7) is 0. The Morgan fingerprint density at radius 3 is 2.85 bits per heavy atom. The van der Waals surface area contributed by atoms with Gasteiger partial charge in [-0.1, -0.05) is 0 Å². The van der Waals surface area contributed by atoms with E-state index >= 15 is 0 Å². The highest BCUT2D eigenvalue weighted by atomic mass is 79.9. The number of halogens is 1. The van der Waals surface area contributed by atoms with E-state index in [2.05, 4.69) is 20.9 Å². The molecule has 4 heteroatoms. The summed E-state index contributed by atoms with van der Waals surface area (Å²) >= 11 is 3.21. The van der Waals surface area contributed by atoms with Crippen molar-refractivity contribution in [2.24, 2.45) is 0 Å². The fraction of sp³-hybridized carbons (Fsp3) is 0.111. The Balaban J connectivity index is 2.33. The summed E-state index contributed by atoms with van der Waals surface area (Å²) in [6.07, 6.45) is 2.64. The van der Waals surface area contributed by atoms with Crippen molar-refractivity contribution in [2.75, 3.05) is 0 Å². The van der Waals surface area contributed by atoms with Gasteiger partial charge >= 0.3 is 0 Å². The van der Waals surface area contributed by atoms with Crippen LogP contribution in [-0.2, 0) is 0 Å². The number of H-pyrrole nitrogens is 1. The molecule has 0 aliphatic rings. The molecule has 2 aromatic rings. The third-order valence-electron chi connectivity index (χ3n) is 1.86. The van der Waals surface area contributed by atoms with Gasteiger partial charge < -0.3 is 14.5 Å². The molecule has 2 heterocycles. The SMILES string of the molecule is OC(c1ccc[nH]1)c1ccoc1Br. The molecule has 2 rings (SSSR count). The molecule has 2 N–H and O–H groups in total. The Bertz CT molecular complexity index is 380. The topological polar surface area (TPSA) is 49.2 Å². The Morgan fingerprint density at radius 1 is 1.46 bits per heavy atom. The maximum absolute atomic E-state index is 9.83. The predicted molar refractivity (Wildman–Crippen MR) is 51.3 cm³/mol. The summed E-state index contributed by atoms with van der Waals surface area (Å²) in [4.78, 5) is 2.94. The van der Waals surface area contributed by atoms with Gasteiger partial charge in [-0.05, 0) is 34.1 Å². The summed E-state index contributed by atoms with van der Waals surface area (Å²) in [5.74, 6) is 0. The van der Waals surface area contributed by atoms with Crippen LogP contribution in [0.5, 0.6) is 0 Å². The van der Waals surface area contributed by atoms with Crippen molar-refractivity contribution in [3.05, 3.63) is 46.6 Å². The van der Waals surface area contributed by atoms with Gasteiger partial charge in [0.1, 0.15) is 6.10 Å². The molecule has 0 aliphatic heterocycles. The average molecular weight is 242 g/mol. The van der Waals surface area contributed by atoms with E-state index in [9.17, 15) is 5.11 Å². The van der Waals surface area contributed by atoms with Gasteiger partial charge in [-0.2, -0.15) is 0 Å². The van der Waals surface area contributed by atoms with Crippen LogP contribution in [0.15, 0.2) is 39.7 Å². The number of aliphatic hydroxyl groups excluding tert-OH is 1. The number of aliphatic hydroxyl groups is 1. The van der Waals surface area contributed by atoms with Gasteiger partial charge in [0.2, 0.25) is 0 Å². The monoisotopic (exact) mass is 241 g/mol. The van der Waals surface area contributed by atoms with E-state index in [1.54, 1.807) is 12.3 Å². The van der Waals surface area contributed by atoms with Crippen LogP contribution in [0.4, 0.5) is 0 Å². The van der Waals surface area contributed by atoms with Gasteiger partial charge in [0, 0.05) is 17.5 Å². The molecular formula is C9H8BrNO2. The summed E-state index contributed by atoms with van der Waals surface area (Å²) in [5, 5.41) is 9.83. The molecule has 3 nitrogen and oxygen atoms in total. The van der Waals surface area contributed by atoms with Crippen molar-refractivity contribution < 1.29 is 9.52 Å². The Kier molecular flexibility index (Phi) is 2.24. The maximum Gasteiger partial charge on any atom is 0.175 e. The first-order valence-electron chi connectivity index (χ1n) is 3.83. The maximum atomic E-state index is 9.83. The molecule has 0 bridgehead atoms. The third-order valence-corrected chi connectivity index (χ3v) is 2.50. The Labute approximate surface area is 83.5 Å². The van der Waals surface area contributed by atoms with E-state index in [1.165, 1.54) is 6.26 Å². The molecule has 1 atom stereocenters. The predicted octanol–water partition coefficient (Wildman–Crippen LogP) is 2.45. The minimum absolute atomic E-state index is 0.564. The van der Waals surface area contributed by atoms with Crippen molar-refractivity contribution in [3.63, 3.8) is 0 Å². The molecule has 0 aliphatic carbocycles. The average Bonchev–Trinajstić information content (AvgIpc) is 2.72. The van der Waals surface area contributed by atoms with Crippen molar-refractivity contribution in [3.8, 4) is 0 Å². The third kappa shape index (κ3) is 1.55. The van der Waals surface area contributed by atoms with Crippen LogP contribution in [0, 0.1) is 0 Å². The molecule has 13 heavy (non-hydrogen) atoms. The first kappa shape index (κ1) is 8.59. The second-order valence-corrected chi connectivity index (χ2v) is 3.40. The van der Waals surface area contributed by atoms with E-state index in [-0.39, 0.29) is 0 Å². The van der Waals surface area contributed by atoms with E-state index in [0.29, 0.717) is 4.67 Å². The van der Waals surface area contributed by atoms with Crippen LogP contribution in [0.2, 0.25) is 0 Å². The molecule has 0 saturated heterocycles. The molecule has 68 valence electrons. The zero-order chi connectivity index (χ0) is 9.26. The molecule has 0 aromatic carbocycles. The fourth-order valence-corrected chi connectivity index (χ4v) is 1.64. The Hall–Kier alpha value is -1.00. The van der Waals surface area contributed by atoms with Crippen LogP contribution in [0.1, 0.15) is 17.4 Å². The number of aromatic amines is 1. The number of rotatable bonds is 2. The summed E-state index contributed by atoms with van der Waals surface area (Å²) < 4.78 is 5.59.